The Labute approximate surface area is 161 Å². The molecule has 2 aromatic carbocycles. The molecule has 136 valence electrons. The number of halogens is 1. The molecule has 0 saturated heterocycles. The molecule has 1 aliphatic rings. The van der Waals surface area contributed by atoms with Gasteiger partial charge < -0.3 is 14.4 Å². The van der Waals surface area contributed by atoms with Crippen LogP contribution in [0.25, 0.3) is 0 Å². The number of fused-ring (bicyclic) bond motifs is 1. The molecule has 0 radical (unpaired) electrons. The third-order valence-electron chi connectivity index (χ3n) is 4.32. The molecule has 0 aromatic heterocycles. The fraction of sp³-hybridized carbons (Fsp3) is 0.300. The summed E-state index contributed by atoms with van der Waals surface area (Å²) in [6, 6.07) is 15.0. The molecule has 26 heavy (non-hydrogen) atoms. The first kappa shape index (κ1) is 18.5. The van der Waals surface area contributed by atoms with Crippen molar-refractivity contribution in [1.29, 1.82) is 0 Å². The summed E-state index contributed by atoms with van der Waals surface area (Å²) in [5.74, 6) is -0.226. The third-order valence-corrected chi connectivity index (χ3v) is 4.85. The van der Waals surface area contributed by atoms with Crippen molar-refractivity contribution in [1.82, 2.24) is 0 Å². The van der Waals surface area contributed by atoms with Gasteiger partial charge in [0.25, 0.3) is 5.91 Å². The lowest BCUT2D eigenvalue weighted by Crippen LogP contribution is -2.44. The Morgan fingerprint density at radius 2 is 1.85 bits per heavy atom. The minimum atomic E-state index is -0.570. The maximum atomic E-state index is 12.6. The van der Waals surface area contributed by atoms with E-state index in [1.807, 2.05) is 43.3 Å². The number of carbonyl (C=O) groups is 2. The highest BCUT2D eigenvalue weighted by molar-refractivity contribution is 9.10. The average molecular weight is 418 g/mol. The molecule has 1 amide bonds. The summed E-state index contributed by atoms with van der Waals surface area (Å²) in [5.41, 5.74) is 2.04. The van der Waals surface area contributed by atoms with Gasteiger partial charge in [-0.05, 0) is 55.7 Å². The molecule has 1 unspecified atom stereocenters. The molecular formula is C20H20BrNO4. The van der Waals surface area contributed by atoms with Gasteiger partial charge in [0.2, 0.25) is 0 Å². The van der Waals surface area contributed by atoms with Crippen molar-refractivity contribution in [3.8, 4) is 5.75 Å². The van der Waals surface area contributed by atoms with Gasteiger partial charge in [0.15, 0.2) is 13.2 Å². The fourth-order valence-electron chi connectivity index (χ4n) is 2.99. The fourth-order valence-corrected chi connectivity index (χ4v) is 3.26. The second kappa shape index (κ2) is 8.36. The SMILES string of the molecule is CC1CCc2ccccc2N1C(=O)COC(=O)COc1ccc(Br)cc1. The minimum Gasteiger partial charge on any atom is -0.482 e. The molecule has 0 fully saturated rings. The normalized spacial score (nSPS) is 15.9. The summed E-state index contributed by atoms with van der Waals surface area (Å²) < 4.78 is 11.4. The second-order valence-corrected chi connectivity index (χ2v) is 7.10. The zero-order chi connectivity index (χ0) is 18.5. The number of benzene rings is 2. The van der Waals surface area contributed by atoms with Gasteiger partial charge in [-0.1, -0.05) is 34.1 Å². The van der Waals surface area contributed by atoms with Crippen LogP contribution in [0.1, 0.15) is 18.9 Å². The van der Waals surface area contributed by atoms with E-state index in [4.69, 9.17) is 9.47 Å². The topological polar surface area (TPSA) is 55.8 Å². The molecule has 3 rings (SSSR count). The van der Waals surface area contributed by atoms with E-state index < -0.39 is 5.97 Å². The lowest BCUT2D eigenvalue weighted by molar-refractivity contribution is -0.149. The zero-order valence-electron chi connectivity index (χ0n) is 14.5. The van der Waals surface area contributed by atoms with E-state index in [2.05, 4.69) is 15.9 Å². The van der Waals surface area contributed by atoms with Crippen molar-refractivity contribution in [3.05, 3.63) is 58.6 Å². The van der Waals surface area contributed by atoms with Crippen molar-refractivity contribution in [2.45, 2.75) is 25.8 Å². The maximum Gasteiger partial charge on any atom is 0.344 e. The van der Waals surface area contributed by atoms with E-state index in [0.29, 0.717) is 5.75 Å². The smallest absolute Gasteiger partial charge is 0.344 e. The molecular weight excluding hydrogens is 398 g/mol. The van der Waals surface area contributed by atoms with Gasteiger partial charge in [0.05, 0.1) is 0 Å². The first-order valence-electron chi connectivity index (χ1n) is 8.48. The Morgan fingerprint density at radius 1 is 1.12 bits per heavy atom. The number of anilines is 1. The van der Waals surface area contributed by atoms with Gasteiger partial charge >= 0.3 is 5.97 Å². The number of ether oxygens (including phenoxy) is 2. The number of hydrogen-bond donors (Lipinski definition) is 0. The van der Waals surface area contributed by atoms with Crippen LogP contribution in [-0.4, -0.2) is 31.1 Å². The number of carbonyl (C=O) groups excluding carboxylic acids is 2. The molecule has 2 aromatic rings. The Balaban J connectivity index is 1.53. The number of hydrogen-bond acceptors (Lipinski definition) is 4. The Morgan fingerprint density at radius 3 is 2.62 bits per heavy atom. The van der Waals surface area contributed by atoms with E-state index in [9.17, 15) is 9.59 Å². The van der Waals surface area contributed by atoms with Gasteiger partial charge in [-0.2, -0.15) is 0 Å². The van der Waals surface area contributed by atoms with E-state index in [1.54, 1.807) is 17.0 Å². The highest BCUT2D eigenvalue weighted by Gasteiger charge is 2.28. The molecule has 0 aliphatic carbocycles. The van der Waals surface area contributed by atoms with E-state index in [1.165, 1.54) is 0 Å². The second-order valence-electron chi connectivity index (χ2n) is 6.18. The quantitative estimate of drug-likeness (QED) is 0.695. The van der Waals surface area contributed by atoms with Crippen molar-refractivity contribution < 1.29 is 19.1 Å². The van der Waals surface area contributed by atoms with Crippen LogP contribution >= 0.6 is 15.9 Å². The van der Waals surface area contributed by atoms with Gasteiger partial charge in [-0.3, -0.25) is 4.79 Å². The summed E-state index contributed by atoms with van der Waals surface area (Å²) in [4.78, 5) is 26.2. The van der Waals surface area contributed by atoms with Crippen molar-refractivity contribution in [3.63, 3.8) is 0 Å². The largest absolute Gasteiger partial charge is 0.482 e. The molecule has 5 nitrogen and oxygen atoms in total. The predicted octanol–water partition coefficient (Wildman–Crippen LogP) is 3.74. The summed E-state index contributed by atoms with van der Waals surface area (Å²) in [5, 5.41) is 0. The lowest BCUT2D eigenvalue weighted by Gasteiger charge is -2.35. The maximum absolute atomic E-state index is 12.6. The number of esters is 1. The standard InChI is InChI=1S/C20H20BrNO4/c1-14-6-7-15-4-2-3-5-18(15)22(14)19(23)12-26-20(24)13-25-17-10-8-16(21)9-11-17/h2-5,8-11,14H,6-7,12-13H2,1H3. The Kier molecular flexibility index (Phi) is 5.93. The van der Waals surface area contributed by atoms with E-state index in [0.717, 1.165) is 28.6 Å². The molecule has 1 heterocycles. The van der Waals surface area contributed by atoms with Crippen molar-refractivity contribution in [2.24, 2.45) is 0 Å². The van der Waals surface area contributed by atoms with Crippen molar-refractivity contribution >= 4 is 33.5 Å². The van der Waals surface area contributed by atoms with Gasteiger partial charge in [-0.25, -0.2) is 4.79 Å². The summed E-state index contributed by atoms with van der Waals surface area (Å²) in [6.07, 6.45) is 1.84. The van der Waals surface area contributed by atoms with Gasteiger partial charge in [0.1, 0.15) is 5.75 Å². The Hall–Kier alpha value is -2.34. The van der Waals surface area contributed by atoms with Gasteiger partial charge in [0, 0.05) is 16.2 Å². The van der Waals surface area contributed by atoms with Crippen LogP contribution in [0.15, 0.2) is 53.0 Å². The summed E-state index contributed by atoms with van der Waals surface area (Å²) >= 11 is 3.33. The van der Waals surface area contributed by atoms with Gasteiger partial charge in [-0.15, -0.1) is 0 Å². The number of nitrogens with zero attached hydrogens (tertiary/aromatic N) is 1. The zero-order valence-corrected chi connectivity index (χ0v) is 16.1. The lowest BCUT2D eigenvalue weighted by atomic mass is 9.96. The van der Waals surface area contributed by atoms with Crippen LogP contribution in [0, 0.1) is 0 Å². The number of aryl methyl sites for hydroxylation is 1. The van der Waals surface area contributed by atoms with Crippen LogP contribution in [0.5, 0.6) is 5.75 Å². The van der Waals surface area contributed by atoms with Crippen LogP contribution in [-0.2, 0) is 20.7 Å². The van der Waals surface area contributed by atoms with Crippen LogP contribution in [0.4, 0.5) is 5.69 Å². The average Bonchev–Trinajstić information content (AvgIpc) is 2.65. The number of amides is 1. The number of rotatable bonds is 5. The van der Waals surface area contributed by atoms with Crippen LogP contribution in [0.2, 0.25) is 0 Å². The summed E-state index contributed by atoms with van der Waals surface area (Å²) in [6.45, 7) is 1.48. The monoisotopic (exact) mass is 417 g/mol. The highest BCUT2D eigenvalue weighted by Crippen LogP contribution is 2.30. The molecule has 6 heteroatoms. The first-order valence-corrected chi connectivity index (χ1v) is 9.28. The molecule has 0 N–H and O–H groups in total. The summed E-state index contributed by atoms with van der Waals surface area (Å²) in [7, 11) is 0. The molecule has 0 spiro atoms. The highest BCUT2D eigenvalue weighted by atomic mass is 79.9. The minimum absolute atomic E-state index is 0.0788. The Bertz CT molecular complexity index is 791. The van der Waals surface area contributed by atoms with Crippen LogP contribution in [0.3, 0.4) is 0 Å². The predicted molar refractivity (Wildman–Crippen MR) is 102 cm³/mol. The number of para-hydroxylation sites is 1. The van der Waals surface area contributed by atoms with Crippen LogP contribution < -0.4 is 9.64 Å². The first-order chi connectivity index (χ1) is 12.5. The molecule has 1 atom stereocenters. The van der Waals surface area contributed by atoms with E-state index in [-0.39, 0.29) is 25.2 Å². The molecule has 0 saturated carbocycles. The molecule has 1 aliphatic heterocycles. The van der Waals surface area contributed by atoms with Crippen molar-refractivity contribution in [2.75, 3.05) is 18.1 Å². The molecule has 0 bridgehead atoms. The third kappa shape index (κ3) is 4.43. The van der Waals surface area contributed by atoms with E-state index >= 15 is 0 Å².